The van der Waals surface area contributed by atoms with Gasteiger partial charge in [-0.15, -0.1) is 6.58 Å². The van der Waals surface area contributed by atoms with Gasteiger partial charge in [0, 0.05) is 17.0 Å². The van der Waals surface area contributed by atoms with Gasteiger partial charge >= 0.3 is 5.63 Å². The normalized spacial score (nSPS) is 15.7. The summed E-state index contributed by atoms with van der Waals surface area (Å²) in [6, 6.07) is 3.16. The van der Waals surface area contributed by atoms with Crippen LogP contribution in [0.4, 0.5) is 0 Å². The molecule has 1 aliphatic rings. The molecule has 4 heteroatoms. The van der Waals surface area contributed by atoms with Crippen LogP contribution in [0.1, 0.15) is 38.8 Å². The summed E-state index contributed by atoms with van der Waals surface area (Å²) in [5, 5.41) is 0.757. The second-order valence-corrected chi connectivity index (χ2v) is 7.11. The van der Waals surface area contributed by atoms with Gasteiger partial charge in [0.2, 0.25) is 0 Å². The number of benzene rings is 1. The first-order valence-corrected chi connectivity index (χ1v) is 7.90. The molecule has 0 fully saturated rings. The molecule has 2 heterocycles. The third kappa shape index (κ3) is 2.42. The molecule has 4 nitrogen and oxygen atoms in total. The van der Waals surface area contributed by atoms with Crippen LogP contribution in [0.5, 0.6) is 11.5 Å². The first kappa shape index (κ1) is 16.4. The van der Waals surface area contributed by atoms with E-state index in [0.29, 0.717) is 17.1 Å². The minimum Gasteiger partial charge on any atom is -0.496 e. The van der Waals surface area contributed by atoms with Crippen molar-refractivity contribution in [2.75, 3.05) is 7.11 Å². The highest BCUT2D eigenvalue weighted by molar-refractivity contribution is 5.95. The number of hydrogen-bond donors (Lipinski definition) is 0. The molecular weight excluding hydrogens is 304 g/mol. The summed E-state index contributed by atoms with van der Waals surface area (Å²) >= 11 is 0. The van der Waals surface area contributed by atoms with Crippen molar-refractivity contribution in [2.24, 2.45) is 0 Å². The molecule has 0 amide bonds. The van der Waals surface area contributed by atoms with Crippen LogP contribution in [0.15, 0.2) is 40.1 Å². The molecule has 0 saturated carbocycles. The largest absolute Gasteiger partial charge is 0.496 e. The fourth-order valence-electron chi connectivity index (χ4n) is 3.01. The molecule has 24 heavy (non-hydrogen) atoms. The summed E-state index contributed by atoms with van der Waals surface area (Å²) in [6.45, 7) is 11.9. The maximum atomic E-state index is 11.9. The number of allylic oxidation sites excluding steroid dienone is 1. The Balaban J connectivity index is 2.54. The van der Waals surface area contributed by atoms with Gasteiger partial charge in [-0.25, -0.2) is 4.79 Å². The molecule has 0 radical (unpaired) electrons. The molecule has 1 aromatic heterocycles. The van der Waals surface area contributed by atoms with Gasteiger partial charge in [0.25, 0.3) is 0 Å². The van der Waals surface area contributed by atoms with Crippen LogP contribution < -0.4 is 15.1 Å². The molecule has 1 aliphatic heterocycles. The fraction of sp³-hybridized carbons (Fsp3) is 0.350. The van der Waals surface area contributed by atoms with Gasteiger partial charge in [0.15, 0.2) is 0 Å². The molecule has 3 rings (SSSR count). The third-order valence-corrected chi connectivity index (χ3v) is 4.40. The molecular formula is C20H22O4. The van der Waals surface area contributed by atoms with Crippen LogP contribution in [0.2, 0.25) is 0 Å². The van der Waals surface area contributed by atoms with E-state index in [4.69, 9.17) is 13.9 Å². The van der Waals surface area contributed by atoms with Gasteiger partial charge in [-0.1, -0.05) is 19.9 Å². The summed E-state index contributed by atoms with van der Waals surface area (Å²) < 4.78 is 17.4. The Hall–Kier alpha value is -2.49. The zero-order valence-electron chi connectivity index (χ0n) is 14.7. The lowest BCUT2D eigenvalue weighted by Crippen LogP contribution is -2.28. The molecule has 0 N–H and O–H groups in total. The van der Waals surface area contributed by atoms with Gasteiger partial charge in [-0.05, 0) is 32.1 Å². The van der Waals surface area contributed by atoms with Crippen molar-refractivity contribution in [2.45, 2.75) is 38.7 Å². The van der Waals surface area contributed by atoms with Gasteiger partial charge in [0.05, 0.1) is 18.1 Å². The molecule has 2 aromatic rings. The molecule has 1 aromatic carbocycles. The Labute approximate surface area is 141 Å². The Bertz CT molecular complexity index is 913. The van der Waals surface area contributed by atoms with Crippen molar-refractivity contribution < 1.29 is 13.9 Å². The Morgan fingerprint density at radius 3 is 2.62 bits per heavy atom. The Kier molecular flexibility index (Phi) is 3.59. The number of rotatable bonds is 3. The summed E-state index contributed by atoms with van der Waals surface area (Å²) in [5.74, 6) is 1.31. The van der Waals surface area contributed by atoms with E-state index in [2.05, 4.69) is 6.58 Å². The molecule has 0 spiro atoms. The average molecular weight is 326 g/mol. The minimum atomic E-state index is -0.448. The lowest BCUT2D eigenvalue weighted by atomic mass is 9.81. The van der Waals surface area contributed by atoms with E-state index in [1.54, 1.807) is 13.2 Å². The number of ether oxygens (including phenoxy) is 2. The zero-order chi connectivity index (χ0) is 17.7. The standard InChI is InChI=1S/C20H22O4/c1-7-19(2,3)15-17(22-6)13-10-11-20(4,5)24-16(13)12-8-9-14(21)23-18(12)15/h7-11H,1H2,2-6H3. The first-order chi connectivity index (χ1) is 11.2. The highest BCUT2D eigenvalue weighted by Gasteiger charge is 2.34. The van der Waals surface area contributed by atoms with Crippen LogP contribution in [0.3, 0.4) is 0 Å². The van der Waals surface area contributed by atoms with Crippen LogP contribution in [0, 0.1) is 0 Å². The van der Waals surface area contributed by atoms with Crippen molar-refractivity contribution in [1.29, 1.82) is 0 Å². The highest BCUT2D eigenvalue weighted by Crippen LogP contribution is 2.49. The molecule has 0 bridgehead atoms. The van der Waals surface area contributed by atoms with E-state index < -0.39 is 16.6 Å². The molecule has 0 aliphatic carbocycles. The van der Waals surface area contributed by atoms with Crippen LogP contribution >= 0.6 is 0 Å². The maximum absolute atomic E-state index is 11.9. The third-order valence-electron chi connectivity index (χ3n) is 4.40. The van der Waals surface area contributed by atoms with E-state index >= 15 is 0 Å². The topological polar surface area (TPSA) is 48.7 Å². The van der Waals surface area contributed by atoms with E-state index in [0.717, 1.165) is 16.5 Å². The van der Waals surface area contributed by atoms with Gasteiger partial charge in [-0.3, -0.25) is 0 Å². The van der Waals surface area contributed by atoms with Gasteiger partial charge < -0.3 is 13.9 Å². The second-order valence-electron chi connectivity index (χ2n) is 7.11. The Morgan fingerprint density at radius 2 is 2.00 bits per heavy atom. The maximum Gasteiger partial charge on any atom is 0.336 e. The highest BCUT2D eigenvalue weighted by atomic mass is 16.5. The lowest BCUT2D eigenvalue weighted by Gasteiger charge is -2.32. The van der Waals surface area contributed by atoms with Gasteiger partial charge in [-0.2, -0.15) is 0 Å². The van der Waals surface area contributed by atoms with Crippen molar-refractivity contribution in [3.05, 3.63) is 52.4 Å². The van der Waals surface area contributed by atoms with Crippen molar-refractivity contribution in [1.82, 2.24) is 0 Å². The molecule has 0 saturated heterocycles. The lowest BCUT2D eigenvalue weighted by molar-refractivity contribution is 0.160. The van der Waals surface area contributed by atoms with Crippen LogP contribution in [-0.4, -0.2) is 12.7 Å². The minimum absolute atomic E-state index is 0.406. The zero-order valence-corrected chi connectivity index (χ0v) is 14.7. The van der Waals surface area contributed by atoms with E-state index in [1.807, 2.05) is 45.9 Å². The van der Waals surface area contributed by atoms with Crippen molar-refractivity contribution in [3.63, 3.8) is 0 Å². The molecule has 0 atom stereocenters. The van der Waals surface area contributed by atoms with Gasteiger partial charge in [0.1, 0.15) is 22.7 Å². The van der Waals surface area contributed by atoms with E-state index in [9.17, 15) is 4.79 Å². The second kappa shape index (κ2) is 5.26. The number of methoxy groups -OCH3 is 1. The van der Waals surface area contributed by atoms with Crippen molar-refractivity contribution in [3.8, 4) is 11.5 Å². The predicted molar refractivity (Wildman–Crippen MR) is 96.0 cm³/mol. The molecule has 0 unspecified atom stereocenters. The average Bonchev–Trinajstić information content (AvgIpc) is 2.52. The SMILES string of the molecule is C=CC(C)(C)c1c(OC)c2c(c3ccc(=O)oc13)OC(C)(C)C=C2. The monoisotopic (exact) mass is 326 g/mol. The van der Waals surface area contributed by atoms with E-state index in [-0.39, 0.29) is 0 Å². The number of hydrogen-bond acceptors (Lipinski definition) is 4. The predicted octanol–water partition coefficient (Wildman–Crippen LogP) is 4.45. The van der Waals surface area contributed by atoms with E-state index in [1.165, 1.54) is 6.07 Å². The Morgan fingerprint density at radius 1 is 1.29 bits per heavy atom. The van der Waals surface area contributed by atoms with Crippen molar-refractivity contribution >= 4 is 17.0 Å². The summed E-state index contributed by atoms with van der Waals surface area (Å²) in [4.78, 5) is 11.9. The number of fused-ring (bicyclic) bond motifs is 3. The first-order valence-electron chi connectivity index (χ1n) is 7.90. The van der Waals surface area contributed by atoms with Crippen LogP contribution in [-0.2, 0) is 5.41 Å². The quantitative estimate of drug-likeness (QED) is 0.617. The summed E-state index contributed by atoms with van der Waals surface area (Å²) in [7, 11) is 1.61. The fourth-order valence-corrected chi connectivity index (χ4v) is 3.01. The molecule has 126 valence electrons. The van der Waals surface area contributed by atoms with Crippen LogP contribution in [0.25, 0.3) is 17.0 Å². The smallest absolute Gasteiger partial charge is 0.336 e. The summed E-state index contributed by atoms with van der Waals surface area (Å²) in [5.41, 5.74) is 0.820. The summed E-state index contributed by atoms with van der Waals surface area (Å²) in [6.07, 6.45) is 5.82.